The van der Waals surface area contributed by atoms with Gasteiger partial charge >= 0.3 is 0 Å². The standard InChI is InChI=1S/C35H41N5O6S/c1-5-47(44,45)39-29-20-27(34(42)37-24(2)26-14-10-7-11-15-26)19-28(21-29)35(43)38-31(18-25-12-8-6-9-13-25)32(41)23-40(3)33-22-30(46-4)16-17-36-33/h6-17,19-22,24,31-32,39,41H,5,18,23H2,1-4H3,(H,37,42)(H,38,43)/t24-,31+,32-/m1/s1. The topological polar surface area (TPSA) is 150 Å². The molecule has 0 saturated heterocycles. The molecule has 11 nitrogen and oxygen atoms in total. The van der Waals surface area contributed by atoms with Crippen molar-refractivity contribution in [3.05, 3.63) is 119 Å². The smallest absolute Gasteiger partial charge is 0.251 e. The first-order valence-corrected chi connectivity index (χ1v) is 16.9. The Balaban J connectivity index is 1.62. The SMILES string of the molecule is CCS(=O)(=O)Nc1cc(C(=O)N[C@@H](Cc2ccccc2)[C@H](O)CN(C)c2cc(OC)ccn2)cc(C(=O)N[C@H](C)c2ccccc2)c1. The zero-order valence-electron chi connectivity index (χ0n) is 26.9. The third kappa shape index (κ3) is 10.0. The number of aromatic nitrogens is 1. The Kier molecular flexibility index (Phi) is 11.9. The number of anilines is 2. The van der Waals surface area contributed by atoms with Crippen LogP contribution in [-0.4, -0.2) is 68.9 Å². The van der Waals surface area contributed by atoms with Crippen molar-refractivity contribution in [1.29, 1.82) is 0 Å². The van der Waals surface area contributed by atoms with E-state index < -0.39 is 34.0 Å². The lowest BCUT2D eigenvalue weighted by Crippen LogP contribution is -2.49. The number of likely N-dealkylation sites (N-methyl/N-ethyl adjacent to an activating group) is 1. The number of aliphatic hydroxyl groups is 1. The Bertz CT molecular complexity index is 1760. The number of nitrogens with one attached hydrogen (secondary N) is 3. The number of benzene rings is 3. The summed E-state index contributed by atoms with van der Waals surface area (Å²) in [4.78, 5) is 33.3. The van der Waals surface area contributed by atoms with E-state index in [0.29, 0.717) is 18.0 Å². The lowest BCUT2D eigenvalue weighted by Gasteiger charge is -2.29. The summed E-state index contributed by atoms with van der Waals surface area (Å²) in [6, 6.07) is 25.3. The Morgan fingerprint density at radius 3 is 2.15 bits per heavy atom. The average molecular weight is 660 g/mol. The van der Waals surface area contributed by atoms with Crippen molar-refractivity contribution in [3.8, 4) is 5.75 Å². The van der Waals surface area contributed by atoms with E-state index in [1.807, 2.05) is 67.6 Å². The quantitative estimate of drug-likeness (QED) is 0.149. The maximum atomic E-state index is 13.8. The number of pyridine rings is 1. The summed E-state index contributed by atoms with van der Waals surface area (Å²) >= 11 is 0. The molecule has 0 saturated carbocycles. The lowest BCUT2D eigenvalue weighted by molar-refractivity contribution is 0.0843. The van der Waals surface area contributed by atoms with Gasteiger partial charge in [0.15, 0.2) is 0 Å². The average Bonchev–Trinajstić information content (AvgIpc) is 3.08. The van der Waals surface area contributed by atoms with Crippen molar-refractivity contribution in [3.63, 3.8) is 0 Å². The van der Waals surface area contributed by atoms with E-state index in [2.05, 4.69) is 20.3 Å². The fourth-order valence-corrected chi connectivity index (χ4v) is 5.57. The van der Waals surface area contributed by atoms with Crippen LogP contribution in [0.25, 0.3) is 0 Å². The number of sulfonamides is 1. The summed E-state index contributed by atoms with van der Waals surface area (Å²) in [6.45, 7) is 3.44. The third-order valence-corrected chi connectivity index (χ3v) is 8.95. The molecule has 0 radical (unpaired) electrons. The van der Waals surface area contributed by atoms with Gasteiger partial charge < -0.3 is 25.4 Å². The number of carbonyl (C=O) groups excluding carboxylic acids is 2. The molecule has 0 spiro atoms. The molecule has 248 valence electrons. The zero-order chi connectivity index (χ0) is 34.0. The molecular weight excluding hydrogens is 618 g/mol. The number of carbonyl (C=O) groups is 2. The number of nitrogens with zero attached hydrogens (tertiary/aromatic N) is 2. The summed E-state index contributed by atoms with van der Waals surface area (Å²) in [5.74, 6) is -0.0839. The number of rotatable bonds is 15. The van der Waals surface area contributed by atoms with Crippen molar-refractivity contribution in [2.45, 2.75) is 38.5 Å². The number of hydrogen-bond donors (Lipinski definition) is 4. The highest BCUT2D eigenvalue weighted by Crippen LogP contribution is 2.21. The number of ether oxygens (including phenoxy) is 1. The van der Waals surface area contributed by atoms with E-state index in [1.54, 1.807) is 37.4 Å². The van der Waals surface area contributed by atoms with Gasteiger partial charge in [0.05, 0.1) is 36.7 Å². The van der Waals surface area contributed by atoms with Crippen LogP contribution in [0.5, 0.6) is 5.75 Å². The first-order valence-electron chi connectivity index (χ1n) is 15.2. The Hall–Kier alpha value is -4.94. The van der Waals surface area contributed by atoms with E-state index in [1.165, 1.54) is 25.1 Å². The molecule has 4 N–H and O–H groups in total. The predicted octanol–water partition coefficient (Wildman–Crippen LogP) is 4.18. The maximum absolute atomic E-state index is 13.8. The number of methoxy groups -OCH3 is 1. The molecule has 1 aromatic heterocycles. The Morgan fingerprint density at radius 2 is 1.53 bits per heavy atom. The minimum absolute atomic E-state index is 0.0481. The number of amides is 2. The van der Waals surface area contributed by atoms with Gasteiger partial charge in [-0.05, 0) is 55.7 Å². The van der Waals surface area contributed by atoms with Gasteiger partial charge in [0, 0.05) is 37.0 Å². The molecule has 4 rings (SSSR count). The van der Waals surface area contributed by atoms with E-state index in [0.717, 1.165) is 11.1 Å². The second-order valence-corrected chi connectivity index (χ2v) is 13.2. The molecule has 3 atom stereocenters. The van der Waals surface area contributed by atoms with E-state index in [4.69, 9.17) is 4.74 Å². The van der Waals surface area contributed by atoms with E-state index >= 15 is 0 Å². The highest BCUT2D eigenvalue weighted by atomic mass is 32.2. The Labute approximate surface area is 276 Å². The molecule has 0 aliphatic carbocycles. The first kappa shape index (κ1) is 34.9. The van der Waals surface area contributed by atoms with Crippen LogP contribution in [0.4, 0.5) is 11.5 Å². The Morgan fingerprint density at radius 1 is 0.915 bits per heavy atom. The molecule has 0 fully saturated rings. The second kappa shape index (κ2) is 16.1. The van der Waals surface area contributed by atoms with Crippen molar-refractivity contribution in [1.82, 2.24) is 15.6 Å². The molecule has 12 heteroatoms. The lowest BCUT2D eigenvalue weighted by atomic mass is 9.99. The van der Waals surface area contributed by atoms with Gasteiger partial charge in [-0.25, -0.2) is 13.4 Å². The van der Waals surface area contributed by atoms with Gasteiger partial charge in [-0.15, -0.1) is 0 Å². The van der Waals surface area contributed by atoms with Crippen LogP contribution in [0.2, 0.25) is 0 Å². The fraction of sp³-hybridized carbons (Fsp3) is 0.286. The maximum Gasteiger partial charge on any atom is 0.251 e. The van der Waals surface area contributed by atoms with Gasteiger partial charge in [-0.1, -0.05) is 60.7 Å². The van der Waals surface area contributed by atoms with Gasteiger partial charge in [0.2, 0.25) is 10.0 Å². The summed E-state index contributed by atoms with van der Waals surface area (Å²) < 4.78 is 32.7. The number of hydrogen-bond acceptors (Lipinski definition) is 8. The van der Waals surface area contributed by atoms with Crippen LogP contribution in [0.1, 0.15) is 51.7 Å². The van der Waals surface area contributed by atoms with Crippen molar-refractivity contribution < 1.29 is 27.9 Å². The summed E-state index contributed by atoms with van der Waals surface area (Å²) in [7, 11) is -0.389. The molecule has 0 aliphatic heterocycles. The van der Waals surface area contributed by atoms with Crippen LogP contribution in [0, 0.1) is 0 Å². The third-order valence-electron chi connectivity index (χ3n) is 7.64. The van der Waals surface area contributed by atoms with E-state index in [9.17, 15) is 23.1 Å². The zero-order valence-corrected chi connectivity index (χ0v) is 27.7. The van der Waals surface area contributed by atoms with Gasteiger partial charge in [0.1, 0.15) is 11.6 Å². The normalized spacial score (nSPS) is 13.1. The van der Waals surface area contributed by atoms with Crippen molar-refractivity contribution in [2.75, 3.05) is 36.1 Å². The molecule has 0 bridgehead atoms. The summed E-state index contributed by atoms with van der Waals surface area (Å²) in [5.41, 5.74) is 1.98. The molecule has 1 heterocycles. The predicted molar refractivity (Wildman–Crippen MR) is 183 cm³/mol. The van der Waals surface area contributed by atoms with Crippen molar-refractivity contribution in [2.24, 2.45) is 0 Å². The molecule has 3 aromatic carbocycles. The molecule has 0 unspecified atom stereocenters. The number of aliphatic hydroxyl groups excluding tert-OH is 1. The van der Waals surface area contributed by atoms with E-state index in [-0.39, 0.29) is 35.2 Å². The van der Waals surface area contributed by atoms with Crippen LogP contribution in [0.3, 0.4) is 0 Å². The van der Waals surface area contributed by atoms with Crippen LogP contribution in [-0.2, 0) is 16.4 Å². The first-order chi connectivity index (χ1) is 22.5. The van der Waals surface area contributed by atoms with Crippen LogP contribution in [0.15, 0.2) is 97.2 Å². The van der Waals surface area contributed by atoms with Gasteiger partial charge in [0.25, 0.3) is 11.8 Å². The minimum Gasteiger partial charge on any atom is -0.497 e. The van der Waals surface area contributed by atoms with Gasteiger partial charge in [-0.2, -0.15) is 0 Å². The molecular formula is C35H41N5O6S. The fourth-order valence-electron chi connectivity index (χ4n) is 4.95. The molecule has 2 amide bonds. The second-order valence-electron chi connectivity index (χ2n) is 11.2. The van der Waals surface area contributed by atoms with Crippen molar-refractivity contribution >= 4 is 33.3 Å². The minimum atomic E-state index is -3.72. The molecule has 4 aromatic rings. The molecule has 47 heavy (non-hydrogen) atoms. The highest BCUT2D eigenvalue weighted by molar-refractivity contribution is 7.92. The highest BCUT2D eigenvalue weighted by Gasteiger charge is 2.26. The van der Waals surface area contributed by atoms with Gasteiger partial charge in [-0.3, -0.25) is 14.3 Å². The van der Waals surface area contributed by atoms with Crippen LogP contribution < -0.4 is 25.0 Å². The largest absolute Gasteiger partial charge is 0.497 e. The monoisotopic (exact) mass is 659 g/mol. The van der Waals surface area contributed by atoms with Crippen LogP contribution >= 0.6 is 0 Å². The summed E-state index contributed by atoms with van der Waals surface area (Å²) in [6.07, 6.45) is 0.861. The molecule has 0 aliphatic rings. The summed E-state index contributed by atoms with van der Waals surface area (Å²) in [5, 5.41) is 17.3.